The van der Waals surface area contributed by atoms with E-state index < -0.39 is 6.16 Å². The fourth-order valence-electron chi connectivity index (χ4n) is 4.07. The Morgan fingerprint density at radius 1 is 0.912 bits per heavy atom. The lowest BCUT2D eigenvalue weighted by Gasteiger charge is -2.09. The molecule has 1 aliphatic carbocycles. The molecule has 0 unspecified atom stereocenters. The van der Waals surface area contributed by atoms with Gasteiger partial charge in [0.25, 0.3) is 6.01 Å². The average molecular weight is 462 g/mol. The number of aromatic nitrogens is 1. The van der Waals surface area contributed by atoms with Crippen molar-refractivity contribution in [3.8, 4) is 11.1 Å². The molecule has 1 saturated carbocycles. The van der Waals surface area contributed by atoms with Crippen LogP contribution in [0.3, 0.4) is 0 Å². The van der Waals surface area contributed by atoms with E-state index in [1.54, 1.807) is 6.07 Å². The molecule has 0 amide bonds. The molecule has 5 rings (SSSR count). The molecule has 3 N–H and O–H groups in total. The number of Topliss-reactive ketones (excluding diaryl/α,β-unsaturated/α-hetero) is 1. The van der Waals surface area contributed by atoms with Gasteiger partial charge in [0, 0.05) is 23.2 Å². The Labute approximate surface area is 194 Å². The van der Waals surface area contributed by atoms with Crippen LogP contribution in [0.25, 0.3) is 22.2 Å². The zero-order valence-electron chi connectivity index (χ0n) is 18.2. The van der Waals surface area contributed by atoms with Crippen LogP contribution in [0.4, 0.5) is 20.9 Å². The van der Waals surface area contributed by atoms with E-state index in [0.29, 0.717) is 17.1 Å². The zero-order chi connectivity index (χ0) is 24.1. The van der Waals surface area contributed by atoms with Gasteiger partial charge >= 0.3 is 6.16 Å². The summed E-state index contributed by atoms with van der Waals surface area (Å²) in [5, 5.41) is 17.0. The number of benzene rings is 3. The van der Waals surface area contributed by atoms with E-state index in [4.69, 9.17) is 19.4 Å². The first-order valence-electron chi connectivity index (χ1n) is 10.9. The lowest BCUT2D eigenvalue weighted by atomic mass is 9.94. The normalized spacial score (nSPS) is 13.3. The number of fused-ring (bicyclic) bond motifs is 1. The van der Waals surface area contributed by atoms with Crippen molar-refractivity contribution in [2.45, 2.75) is 25.7 Å². The first kappa shape index (κ1) is 23.0. The van der Waals surface area contributed by atoms with Gasteiger partial charge in [-0.3, -0.25) is 4.79 Å². The predicted octanol–water partition coefficient (Wildman–Crippen LogP) is 6.97. The largest absolute Gasteiger partial charge is 0.503 e. The molecule has 0 radical (unpaired) electrons. The molecule has 1 aromatic heterocycles. The number of hydrogen-bond donors (Lipinski definition) is 3. The van der Waals surface area contributed by atoms with Crippen LogP contribution >= 0.6 is 0 Å². The molecule has 1 aliphatic rings. The van der Waals surface area contributed by atoms with Crippen LogP contribution < -0.4 is 5.32 Å². The van der Waals surface area contributed by atoms with Crippen LogP contribution in [0.5, 0.6) is 0 Å². The quantitative estimate of drug-likeness (QED) is 0.274. The lowest BCUT2D eigenvalue weighted by Crippen LogP contribution is -2.10. The summed E-state index contributed by atoms with van der Waals surface area (Å²) in [6, 6.07) is 20.3. The van der Waals surface area contributed by atoms with Crippen molar-refractivity contribution in [3.05, 3.63) is 78.1 Å². The van der Waals surface area contributed by atoms with Crippen molar-refractivity contribution in [1.29, 1.82) is 0 Å². The Balaban J connectivity index is 0.000000636. The minimum Gasteiger partial charge on any atom is -0.450 e. The molecule has 7 nitrogen and oxygen atoms in total. The summed E-state index contributed by atoms with van der Waals surface area (Å²) in [6.45, 7) is 0. The highest BCUT2D eigenvalue weighted by Gasteiger charge is 2.23. The number of hydrogen-bond acceptors (Lipinski definition) is 5. The van der Waals surface area contributed by atoms with Gasteiger partial charge in [-0.15, -0.1) is 0 Å². The Morgan fingerprint density at radius 3 is 2.12 bits per heavy atom. The molecule has 3 aromatic carbocycles. The number of carboxylic acid groups (broad SMARTS) is 2. The molecule has 1 heterocycles. The number of nitrogens with zero attached hydrogens (tertiary/aromatic N) is 1. The number of anilines is 2. The second kappa shape index (κ2) is 10.2. The molecule has 4 aromatic rings. The molecule has 8 heteroatoms. The Kier molecular flexibility index (Phi) is 6.87. The predicted molar refractivity (Wildman–Crippen MR) is 126 cm³/mol. The molecule has 0 saturated heterocycles. The summed E-state index contributed by atoms with van der Waals surface area (Å²) < 4.78 is 18.9. The van der Waals surface area contributed by atoms with E-state index >= 15 is 0 Å². The summed E-state index contributed by atoms with van der Waals surface area (Å²) in [6.07, 6.45) is 2.53. The number of rotatable bonds is 5. The summed E-state index contributed by atoms with van der Waals surface area (Å²) in [5.74, 6) is 0.129. The smallest absolute Gasteiger partial charge is 0.450 e. The van der Waals surface area contributed by atoms with Gasteiger partial charge < -0.3 is 19.9 Å². The Hall–Kier alpha value is -4.20. The van der Waals surface area contributed by atoms with Crippen molar-refractivity contribution in [1.82, 2.24) is 4.98 Å². The van der Waals surface area contributed by atoms with E-state index in [1.807, 2.05) is 48.5 Å². The van der Waals surface area contributed by atoms with Crippen LogP contribution in [0.15, 0.2) is 71.1 Å². The fourth-order valence-corrected chi connectivity index (χ4v) is 4.07. The van der Waals surface area contributed by atoms with E-state index in [0.717, 1.165) is 48.1 Å². The molecule has 0 spiro atoms. The highest BCUT2D eigenvalue weighted by atomic mass is 19.1. The summed E-state index contributed by atoms with van der Waals surface area (Å²) >= 11 is 0. The van der Waals surface area contributed by atoms with Gasteiger partial charge in [-0.2, -0.15) is 4.98 Å². The van der Waals surface area contributed by atoms with Crippen molar-refractivity contribution >= 4 is 34.7 Å². The second-order valence-electron chi connectivity index (χ2n) is 8.04. The monoisotopic (exact) mass is 462 g/mol. The number of carbonyl (C=O) groups excluding carboxylic acids is 1. The van der Waals surface area contributed by atoms with Gasteiger partial charge in [-0.1, -0.05) is 49.2 Å². The van der Waals surface area contributed by atoms with Crippen molar-refractivity contribution in [2.24, 2.45) is 5.92 Å². The summed E-state index contributed by atoms with van der Waals surface area (Å²) in [7, 11) is 0. The number of nitrogens with one attached hydrogen (secondary N) is 1. The lowest BCUT2D eigenvalue weighted by molar-refractivity contribution is 0.0922. The standard InChI is InChI=1S/C25H21FN2O2.CH2O3/c26-20-11-14-23-22(15-20)28-25(30-23)27-21-12-9-17(10-13-21)16-5-7-19(8-6-16)24(29)18-3-1-2-4-18;2-1(3)4/h5-15,18H,1-4H2,(H,27,28);(H2,2,3,4). The third-order valence-electron chi connectivity index (χ3n) is 5.71. The van der Waals surface area contributed by atoms with Crippen LogP contribution in [-0.2, 0) is 0 Å². The van der Waals surface area contributed by atoms with Gasteiger partial charge in [0.05, 0.1) is 0 Å². The Bertz CT molecular complexity index is 1290. The first-order valence-corrected chi connectivity index (χ1v) is 10.9. The Morgan fingerprint density at radius 2 is 1.50 bits per heavy atom. The minimum absolute atomic E-state index is 0.199. The van der Waals surface area contributed by atoms with E-state index in [1.165, 1.54) is 12.1 Å². The van der Waals surface area contributed by atoms with E-state index in [9.17, 15) is 9.18 Å². The number of halogens is 1. The van der Waals surface area contributed by atoms with Crippen molar-refractivity contribution in [3.63, 3.8) is 0 Å². The topological polar surface area (TPSA) is 113 Å². The third kappa shape index (κ3) is 5.58. The molecule has 0 aliphatic heterocycles. The maximum Gasteiger partial charge on any atom is 0.503 e. The van der Waals surface area contributed by atoms with Gasteiger partial charge in [0.2, 0.25) is 0 Å². The molecule has 0 bridgehead atoms. The summed E-state index contributed by atoms with van der Waals surface area (Å²) in [4.78, 5) is 25.4. The van der Waals surface area contributed by atoms with Crippen LogP contribution in [0.1, 0.15) is 36.0 Å². The van der Waals surface area contributed by atoms with E-state index in [-0.39, 0.29) is 17.5 Å². The number of carbonyl (C=O) groups is 2. The molecule has 0 atom stereocenters. The molecule has 174 valence electrons. The van der Waals surface area contributed by atoms with Gasteiger partial charge in [-0.05, 0) is 48.2 Å². The van der Waals surface area contributed by atoms with Crippen LogP contribution in [0.2, 0.25) is 0 Å². The van der Waals surface area contributed by atoms with Crippen molar-refractivity contribution < 1.29 is 28.6 Å². The second-order valence-corrected chi connectivity index (χ2v) is 8.04. The molecular weight excluding hydrogens is 439 g/mol. The zero-order valence-corrected chi connectivity index (χ0v) is 18.2. The third-order valence-corrected chi connectivity index (χ3v) is 5.71. The van der Waals surface area contributed by atoms with Crippen LogP contribution in [-0.4, -0.2) is 27.1 Å². The average Bonchev–Trinajstić information content (AvgIpc) is 3.48. The van der Waals surface area contributed by atoms with Gasteiger partial charge in [0.1, 0.15) is 11.3 Å². The molecule has 34 heavy (non-hydrogen) atoms. The van der Waals surface area contributed by atoms with Gasteiger partial charge in [0.15, 0.2) is 11.4 Å². The van der Waals surface area contributed by atoms with Gasteiger partial charge in [-0.25, -0.2) is 9.18 Å². The number of oxazole rings is 1. The number of ketones is 1. The maximum absolute atomic E-state index is 13.3. The molecule has 1 fully saturated rings. The highest BCUT2D eigenvalue weighted by molar-refractivity contribution is 5.98. The fraction of sp³-hybridized carbons (Fsp3) is 0.192. The SMILES string of the molecule is O=C(O)O.O=C(c1ccc(-c2ccc(Nc3nc4cc(F)ccc4o3)cc2)cc1)C1CCCC1. The summed E-state index contributed by atoms with van der Waals surface area (Å²) in [5.41, 5.74) is 4.74. The highest BCUT2D eigenvalue weighted by Crippen LogP contribution is 2.30. The van der Waals surface area contributed by atoms with E-state index in [2.05, 4.69) is 10.3 Å². The van der Waals surface area contributed by atoms with Crippen LogP contribution in [0, 0.1) is 11.7 Å². The molecular formula is C26H23FN2O5. The maximum atomic E-state index is 13.3. The van der Waals surface area contributed by atoms with Crippen molar-refractivity contribution in [2.75, 3.05) is 5.32 Å². The minimum atomic E-state index is -1.83. The first-order chi connectivity index (χ1) is 16.4.